The van der Waals surface area contributed by atoms with E-state index < -0.39 is 0 Å². The minimum absolute atomic E-state index is 0.157. The van der Waals surface area contributed by atoms with Gasteiger partial charge in [0.1, 0.15) is 5.75 Å². The first-order chi connectivity index (χ1) is 12.6. The van der Waals surface area contributed by atoms with Crippen LogP contribution < -0.4 is 10.1 Å². The highest BCUT2D eigenvalue weighted by Gasteiger charge is 2.11. The lowest BCUT2D eigenvalue weighted by atomic mass is 10.2. The van der Waals surface area contributed by atoms with Crippen molar-refractivity contribution in [1.82, 2.24) is 0 Å². The van der Waals surface area contributed by atoms with Crippen molar-refractivity contribution in [3.05, 3.63) is 84.4 Å². The molecule has 0 unspecified atom stereocenters. The van der Waals surface area contributed by atoms with Crippen LogP contribution in [0.15, 0.2) is 83.8 Å². The van der Waals surface area contributed by atoms with Crippen LogP contribution in [0.25, 0.3) is 0 Å². The first-order valence-electron chi connectivity index (χ1n) is 8.52. The number of para-hydroxylation sites is 3. The van der Waals surface area contributed by atoms with Crippen LogP contribution in [-0.4, -0.2) is 11.2 Å². The highest BCUT2D eigenvalue weighted by Crippen LogP contribution is 2.29. The predicted molar refractivity (Wildman–Crippen MR) is 108 cm³/mol. The lowest BCUT2D eigenvalue weighted by Gasteiger charge is -2.12. The van der Waals surface area contributed by atoms with Gasteiger partial charge in [-0.3, -0.25) is 4.79 Å². The summed E-state index contributed by atoms with van der Waals surface area (Å²) in [4.78, 5) is 13.7. The van der Waals surface area contributed by atoms with Gasteiger partial charge in [-0.25, -0.2) is 0 Å². The van der Waals surface area contributed by atoms with E-state index in [0.717, 1.165) is 10.6 Å². The third-order valence-electron chi connectivity index (χ3n) is 3.59. The third-order valence-corrected chi connectivity index (χ3v) is 4.61. The van der Waals surface area contributed by atoms with E-state index in [1.54, 1.807) is 11.8 Å². The number of nitrogens with one attached hydrogen (secondary N) is 1. The average Bonchev–Trinajstić information content (AvgIpc) is 2.64. The van der Waals surface area contributed by atoms with Crippen molar-refractivity contribution in [3.63, 3.8) is 0 Å². The molecule has 0 bridgehead atoms. The fourth-order valence-electron chi connectivity index (χ4n) is 2.43. The second kappa shape index (κ2) is 8.59. The van der Waals surface area contributed by atoms with Crippen LogP contribution in [0.2, 0.25) is 0 Å². The van der Waals surface area contributed by atoms with Crippen molar-refractivity contribution in [3.8, 4) is 11.5 Å². The summed E-state index contributed by atoms with van der Waals surface area (Å²) >= 11 is 1.77. The molecule has 0 atom stereocenters. The summed E-state index contributed by atoms with van der Waals surface area (Å²) in [5, 5.41) is 3.45. The van der Waals surface area contributed by atoms with E-state index in [4.69, 9.17) is 4.74 Å². The van der Waals surface area contributed by atoms with Crippen molar-refractivity contribution in [2.75, 3.05) is 5.32 Å². The van der Waals surface area contributed by atoms with Gasteiger partial charge in [0.15, 0.2) is 5.75 Å². The zero-order valence-corrected chi connectivity index (χ0v) is 15.6. The molecule has 0 spiro atoms. The Morgan fingerprint density at radius 2 is 1.54 bits per heavy atom. The minimum Gasteiger partial charge on any atom is -0.455 e. The van der Waals surface area contributed by atoms with Crippen LogP contribution in [0.4, 0.5) is 5.69 Å². The Morgan fingerprint density at radius 1 is 0.885 bits per heavy atom. The fraction of sp³-hybridized carbons (Fsp3) is 0.136. The molecule has 1 N–H and O–H groups in total. The normalized spacial score (nSPS) is 10.6. The van der Waals surface area contributed by atoms with Gasteiger partial charge >= 0.3 is 0 Å². The zero-order chi connectivity index (χ0) is 18.4. The standard InChI is InChI=1S/C22H21NO2S/c1-16(2)26-19-14-12-17(13-15-19)22(24)23-20-10-6-7-11-21(20)25-18-8-4-3-5-9-18/h3-16H,1-2H3,(H,23,24). The van der Waals surface area contributed by atoms with Gasteiger partial charge in [-0.15, -0.1) is 11.8 Å². The molecule has 0 radical (unpaired) electrons. The van der Waals surface area contributed by atoms with E-state index in [9.17, 15) is 4.79 Å². The van der Waals surface area contributed by atoms with Crippen LogP contribution >= 0.6 is 11.8 Å². The van der Waals surface area contributed by atoms with E-state index in [2.05, 4.69) is 19.2 Å². The van der Waals surface area contributed by atoms with Crippen LogP contribution in [0, 0.1) is 0 Å². The molecule has 3 aromatic rings. The molecule has 0 saturated carbocycles. The summed E-state index contributed by atoms with van der Waals surface area (Å²) in [6.45, 7) is 4.30. The van der Waals surface area contributed by atoms with Crippen molar-refractivity contribution in [2.24, 2.45) is 0 Å². The maximum Gasteiger partial charge on any atom is 0.255 e. The lowest BCUT2D eigenvalue weighted by Crippen LogP contribution is -2.12. The summed E-state index contributed by atoms with van der Waals surface area (Å²) < 4.78 is 5.89. The smallest absolute Gasteiger partial charge is 0.255 e. The van der Waals surface area contributed by atoms with Crippen molar-refractivity contribution >= 4 is 23.4 Å². The van der Waals surface area contributed by atoms with Gasteiger partial charge in [0.05, 0.1) is 5.69 Å². The Bertz CT molecular complexity index is 861. The Kier molecular flexibility index (Phi) is 5.97. The van der Waals surface area contributed by atoms with Crippen LogP contribution in [-0.2, 0) is 0 Å². The van der Waals surface area contributed by atoms with Crippen molar-refractivity contribution < 1.29 is 9.53 Å². The summed E-state index contributed by atoms with van der Waals surface area (Å²) in [6.07, 6.45) is 0. The first-order valence-corrected chi connectivity index (χ1v) is 9.40. The number of anilines is 1. The molecule has 0 aromatic heterocycles. The van der Waals surface area contributed by atoms with Gasteiger partial charge < -0.3 is 10.1 Å². The van der Waals surface area contributed by atoms with Gasteiger partial charge in [-0.1, -0.05) is 44.2 Å². The van der Waals surface area contributed by atoms with Crippen molar-refractivity contribution in [2.45, 2.75) is 24.0 Å². The maximum atomic E-state index is 12.6. The second-order valence-electron chi connectivity index (χ2n) is 6.06. The molecule has 0 heterocycles. The van der Waals surface area contributed by atoms with Crippen molar-refractivity contribution in [1.29, 1.82) is 0 Å². The number of hydrogen-bond donors (Lipinski definition) is 1. The predicted octanol–water partition coefficient (Wildman–Crippen LogP) is 6.23. The quantitative estimate of drug-likeness (QED) is 0.527. The van der Waals surface area contributed by atoms with Gasteiger partial charge in [-0.2, -0.15) is 0 Å². The lowest BCUT2D eigenvalue weighted by molar-refractivity contribution is 0.102. The summed E-state index contributed by atoms with van der Waals surface area (Å²) in [6, 6.07) is 24.6. The Morgan fingerprint density at radius 3 is 2.23 bits per heavy atom. The Balaban J connectivity index is 1.73. The fourth-order valence-corrected chi connectivity index (χ4v) is 3.26. The number of carbonyl (C=O) groups is 1. The van der Waals surface area contributed by atoms with Crippen LogP contribution in [0.5, 0.6) is 11.5 Å². The highest BCUT2D eigenvalue weighted by atomic mass is 32.2. The molecule has 26 heavy (non-hydrogen) atoms. The number of benzene rings is 3. The molecule has 0 fully saturated rings. The molecule has 4 heteroatoms. The Labute approximate surface area is 158 Å². The molecule has 0 saturated heterocycles. The highest BCUT2D eigenvalue weighted by molar-refractivity contribution is 7.99. The molecule has 132 valence electrons. The van der Waals surface area contributed by atoms with E-state index >= 15 is 0 Å². The molecule has 3 nitrogen and oxygen atoms in total. The number of carbonyl (C=O) groups excluding carboxylic acids is 1. The van der Waals surface area contributed by atoms with E-state index in [1.165, 1.54) is 0 Å². The average molecular weight is 363 g/mol. The van der Waals surface area contributed by atoms with Crippen LogP contribution in [0.3, 0.4) is 0 Å². The van der Waals surface area contributed by atoms with Crippen LogP contribution in [0.1, 0.15) is 24.2 Å². The minimum atomic E-state index is -0.157. The van der Waals surface area contributed by atoms with E-state index in [-0.39, 0.29) is 5.91 Å². The third kappa shape index (κ3) is 4.90. The molecule has 0 aliphatic heterocycles. The van der Waals surface area contributed by atoms with Gasteiger partial charge in [-0.05, 0) is 48.5 Å². The zero-order valence-electron chi connectivity index (χ0n) is 14.8. The second-order valence-corrected chi connectivity index (χ2v) is 7.71. The Hall–Kier alpha value is -2.72. The van der Waals surface area contributed by atoms with E-state index in [0.29, 0.717) is 22.3 Å². The summed E-state index contributed by atoms with van der Waals surface area (Å²) in [5.41, 5.74) is 1.26. The summed E-state index contributed by atoms with van der Waals surface area (Å²) in [7, 11) is 0. The maximum absolute atomic E-state index is 12.6. The van der Waals surface area contributed by atoms with Gasteiger partial charge in [0, 0.05) is 15.7 Å². The van der Waals surface area contributed by atoms with Gasteiger partial charge in [0.2, 0.25) is 0 Å². The molecule has 3 aromatic carbocycles. The van der Waals surface area contributed by atoms with E-state index in [1.807, 2.05) is 78.9 Å². The van der Waals surface area contributed by atoms with Gasteiger partial charge in [0.25, 0.3) is 5.91 Å². The first kappa shape index (κ1) is 18.1. The number of rotatable bonds is 6. The summed E-state index contributed by atoms with van der Waals surface area (Å²) in [5.74, 6) is 1.18. The molecule has 0 aliphatic carbocycles. The largest absolute Gasteiger partial charge is 0.455 e. The molecule has 3 rings (SSSR count). The number of ether oxygens (including phenoxy) is 1. The molecule has 0 aliphatic rings. The topological polar surface area (TPSA) is 38.3 Å². The monoisotopic (exact) mass is 363 g/mol. The molecular weight excluding hydrogens is 342 g/mol. The molecular formula is C22H21NO2S. The molecule has 1 amide bonds. The number of thioether (sulfide) groups is 1. The number of hydrogen-bond acceptors (Lipinski definition) is 3. The number of amides is 1. The SMILES string of the molecule is CC(C)Sc1ccc(C(=O)Nc2ccccc2Oc2ccccc2)cc1.